The van der Waals surface area contributed by atoms with Crippen LogP contribution in [0.3, 0.4) is 0 Å². The molecule has 0 fully saturated rings. The highest BCUT2D eigenvalue weighted by atomic mass is 32.2. The van der Waals surface area contributed by atoms with E-state index in [9.17, 15) is 4.79 Å². The SMILES string of the molecule is COc1cccc(OCc2nnc(SCC(=O)Nc3ccc4c(c3)CCC4)n2N)c1. The molecular weight excluding hydrogens is 402 g/mol. The number of carbonyl (C=O) groups excluding carboxylic acids is 1. The maximum absolute atomic E-state index is 12.3. The molecule has 1 heterocycles. The first-order chi connectivity index (χ1) is 14.6. The third kappa shape index (κ3) is 4.68. The maximum Gasteiger partial charge on any atom is 0.234 e. The molecule has 3 N–H and O–H groups in total. The van der Waals surface area contributed by atoms with Crippen LogP contribution in [-0.2, 0) is 24.2 Å². The molecular formula is C21H23N5O3S. The Bertz CT molecular complexity index is 1050. The van der Waals surface area contributed by atoms with Gasteiger partial charge in [-0.25, -0.2) is 4.68 Å². The van der Waals surface area contributed by atoms with Crippen molar-refractivity contribution in [2.75, 3.05) is 24.0 Å². The Morgan fingerprint density at radius 3 is 2.87 bits per heavy atom. The van der Waals surface area contributed by atoms with E-state index in [2.05, 4.69) is 27.6 Å². The van der Waals surface area contributed by atoms with E-state index >= 15 is 0 Å². The summed E-state index contributed by atoms with van der Waals surface area (Å²) in [6.45, 7) is 0.151. The topological polar surface area (TPSA) is 104 Å². The summed E-state index contributed by atoms with van der Waals surface area (Å²) in [5.41, 5.74) is 3.52. The number of rotatable bonds is 8. The number of hydrogen-bond donors (Lipinski definition) is 2. The van der Waals surface area contributed by atoms with Gasteiger partial charge in [0, 0.05) is 11.8 Å². The highest BCUT2D eigenvalue weighted by Crippen LogP contribution is 2.25. The molecule has 156 valence electrons. The van der Waals surface area contributed by atoms with Gasteiger partial charge >= 0.3 is 0 Å². The van der Waals surface area contributed by atoms with E-state index < -0.39 is 0 Å². The standard InChI is InChI=1S/C21H23N5O3S/c1-28-17-6-3-7-18(11-17)29-12-19-24-25-21(26(19)22)30-13-20(27)23-16-9-8-14-4-2-5-15(14)10-16/h3,6-11H,2,4-5,12-13,22H2,1H3,(H,23,27). The number of hydrogen-bond acceptors (Lipinski definition) is 7. The number of nitrogens with one attached hydrogen (secondary N) is 1. The van der Waals surface area contributed by atoms with Gasteiger partial charge in [0.05, 0.1) is 12.9 Å². The molecule has 1 aliphatic carbocycles. The van der Waals surface area contributed by atoms with Crippen molar-refractivity contribution in [3.63, 3.8) is 0 Å². The highest BCUT2D eigenvalue weighted by molar-refractivity contribution is 7.99. The number of nitrogens with zero attached hydrogens (tertiary/aromatic N) is 3. The number of ether oxygens (including phenoxy) is 2. The molecule has 0 atom stereocenters. The van der Waals surface area contributed by atoms with E-state index in [1.807, 2.05) is 24.3 Å². The molecule has 1 amide bonds. The zero-order chi connectivity index (χ0) is 20.9. The zero-order valence-electron chi connectivity index (χ0n) is 16.6. The lowest BCUT2D eigenvalue weighted by Crippen LogP contribution is -2.18. The van der Waals surface area contributed by atoms with Crippen LogP contribution in [-0.4, -0.2) is 33.6 Å². The largest absolute Gasteiger partial charge is 0.497 e. The summed E-state index contributed by atoms with van der Waals surface area (Å²) in [7, 11) is 1.60. The molecule has 1 aliphatic rings. The van der Waals surface area contributed by atoms with Gasteiger partial charge in [-0.3, -0.25) is 4.79 Å². The lowest BCUT2D eigenvalue weighted by Gasteiger charge is -2.08. The Hall–Kier alpha value is -3.20. The summed E-state index contributed by atoms with van der Waals surface area (Å²) in [6, 6.07) is 13.4. The summed E-state index contributed by atoms with van der Waals surface area (Å²) in [5, 5.41) is 11.5. The molecule has 0 radical (unpaired) electrons. The molecule has 0 saturated heterocycles. The number of fused-ring (bicyclic) bond motifs is 1. The van der Waals surface area contributed by atoms with Crippen LogP contribution in [0.25, 0.3) is 0 Å². The van der Waals surface area contributed by atoms with E-state index in [-0.39, 0.29) is 18.3 Å². The van der Waals surface area contributed by atoms with Gasteiger partial charge in [0.1, 0.15) is 18.1 Å². The minimum atomic E-state index is -0.116. The predicted molar refractivity (Wildman–Crippen MR) is 115 cm³/mol. The Labute approximate surface area is 178 Å². The second kappa shape index (κ2) is 9.08. The average Bonchev–Trinajstić information content (AvgIpc) is 3.37. The van der Waals surface area contributed by atoms with Gasteiger partial charge in [-0.2, -0.15) is 0 Å². The van der Waals surface area contributed by atoms with Crippen molar-refractivity contribution in [1.29, 1.82) is 0 Å². The molecule has 0 bridgehead atoms. The molecule has 8 nitrogen and oxygen atoms in total. The zero-order valence-corrected chi connectivity index (χ0v) is 17.4. The third-order valence-electron chi connectivity index (χ3n) is 4.86. The van der Waals surface area contributed by atoms with E-state index in [4.69, 9.17) is 15.3 Å². The molecule has 4 rings (SSSR count). The van der Waals surface area contributed by atoms with Crippen molar-refractivity contribution in [3.8, 4) is 11.5 Å². The molecule has 0 unspecified atom stereocenters. The van der Waals surface area contributed by atoms with Crippen LogP contribution < -0.4 is 20.6 Å². The summed E-state index contributed by atoms with van der Waals surface area (Å²) in [4.78, 5) is 12.3. The number of amides is 1. The molecule has 0 spiro atoms. The van der Waals surface area contributed by atoms with Crippen LogP contribution in [0.5, 0.6) is 11.5 Å². The van der Waals surface area contributed by atoms with Crippen molar-refractivity contribution >= 4 is 23.4 Å². The molecule has 0 aliphatic heterocycles. The van der Waals surface area contributed by atoms with Crippen LogP contribution in [0, 0.1) is 0 Å². The second-order valence-electron chi connectivity index (χ2n) is 6.91. The number of benzene rings is 2. The number of carbonyl (C=O) groups is 1. The smallest absolute Gasteiger partial charge is 0.234 e. The Morgan fingerprint density at radius 1 is 1.17 bits per heavy atom. The number of thioether (sulfide) groups is 1. The van der Waals surface area contributed by atoms with Crippen molar-refractivity contribution in [2.24, 2.45) is 0 Å². The van der Waals surface area contributed by atoms with Crippen LogP contribution in [0.15, 0.2) is 47.6 Å². The first kappa shape index (κ1) is 20.1. The van der Waals surface area contributed by atoms with Crippen LogP contribution >= 0.6 is 11.8 Å². The number of anilines is 1. The highest BCUT2D eigenvalue weighted by Gasteiger charge is 2.15. The van der Waals surface area contributed by atoms with Gasteiger partial charge in [0.2, 0.25) is 11.1 Å². The van der Waals surface area contributed by atoms with Gasteiger partial charge in [0.25, 0.3) is 0 Å². The second-order valence-corrected chi connectivity index (χ2v) is 7.85. The van der Waals surface area contributed by atoms with Crippen molar-refractivity contribution in [2.45, 2.75) is 31.0 Å². The minimum Gasteiger partial charge on any atom is -0.497 e. The summed E-state index contributed by atoms with van der Waals surface area (Å²) in [5.74, 6) is 7.92. The lowest BCUT2D eigenvalue weighted by atomic mass is 10.1. The third-order valence-corrected chi connectivity index (χ3v) is 5.80. The number of nitrogen functional groups attached to an aromatic ring is 1. The number of aryl methyl sites for hydroxylation is 2. The van der Waals surface area contributed by atoms with Crippen molar-refractivity contribution in [1.82, 2.24) is 14.9 Å². The fraction of sp³-hybridized carbons (Fsp3) is 0.286. The normalized spacial score (nSPS) is 12.4. The average molecular weight is 426 g/mol. The number of aromatic nitrogens is 3. The van der Waals surface area contributed by atoms with Gasteiger partial charge in [0.15, 0.2) is 5.82 Å². The molecule has 0 saturated carbocycles. The lowest BCUT2D eigenvalue weighted by molar-refractivity contribution is -0.113. The fourth-order valence-electron chi connectivity index (χ4n) is 3.32. The minimum absolute atomic E-state index is 0.116. The first-order valence-electron chi connectivity index (χ1n) is 9.63. The quantitative estimate of drug-likeness (QED) is 0.422. The molecule has 3 aromatic rings. The van der Waals surface area contributed by atoms with E-state index in [1.54, 1.807) is 13.2 Å². The van der Waals surface area contributed by atoms with Crippen molar-refractivity contribution < 1.29 is 14.3 Å². The molecule has 2 aromatic carbocycles. The summed E-state index contributed by atoms with van der Waals surface area (Å²) < 4.78 is 12.2. The van der Waals surface area contributed by atoms with Gasteiger partial charge in [-0.05, 0) is 54.7 Å². The van der Waals surface area contributed by atoms with Gasteiger partial charge in [-0.1, -0.05) is 23.9 Å². The van der Waals surface area contributed by atoms with Crippen molar-refractivity contribution in [3.05, 3.63) is 59.4 Å². The predicted octanol–water partition coefficient (Wildman–Crippen LogP) is 2.80. The summed E-state index contributed by atoms with van der Waals surface area (Å²) in [6.07, 6.45) is 3.37. The van der Waals surface area contributed by atoms with Gasteiger partial charge < -0.3 is 20.6 Å². The molecule has 9 heteroatoms. The molecule has 30 heavy (non-hydrogen) atoms. The van der Waals surface area contributed by atoms with E-state index in [1.165, 1.54) is 34.0 Å². The number of nitrogens with two attached hydrogens (primary N) is 1. The fourth-order valence-corrected chi connectivity index (χ4v) is 4.00. The van der Waals surface area contributed by atoms with Gasteiger partial charge in [-0.15, -0.1) is 10.2 Å². The Morgan fingerprint density at radius 2 is 2.00 bits per heavy atom. The first-order valence-corrected chi connectivity index (χ1v) is 10.6. The van der Waals surface area contributed by atoms with Crippen LogP contribution in [0.4, 0.5) is 5.69 Å². The maximum atomic E-state index is 12.3. The Kier molecular flexibility index (Phi) is 6.08. The van der Waals surface area contributed by atoms with E-state index in [0.29, 0.717) is 22.5 Å². The molecule has 1 aromatic heterocycles. The Balaban J connectivity index is 1.29. The van der Waals surface area contributed by atoms with Crippen LogP contribution in [0.2, 0.25) is 0 Å². The van der Waals surface area contributed by atoms with Crippen LogP contribution in [0.1, 0.15) is 23.4 Å². The van der Waals surface area contributed by atoms with E-state index in [0.717, 1.165) is 18.5 Å². The monoisotopic (exact) mass is 425 g/mol. The summed E-state index contributed by atoms with van der Waals surface area (Å²) >= 11 is 1.23. The number of methoxy groups -OCH3 is 1.